The van der Waals surface area contributed by atoms with Gasteiger partial charge < -0.3 is 20.7 Å². The molecular formula is C13H18N4O3. The molecule has 1 aliphatic carbocycles. The van der Waals surface area contributed by atoms with E-state index in [1.165, 1.54) is 11.2 Å². The summed E-state index contributed by atoms with van der Waals surface area (Å²) >= 11 is 0. The van der Waals surface area contributed by atoms with Crippen molar-refractivity contribution in [1.29, 1.82) is 0 Å². The standard InChI is InChI=1S/C13H18N4O3/c14-13(2-1-3-13)5-11(18)17-6-9-8(15-7-16-9)4-10(17)12(19)20/h7,10H,1-6,14H2,(H,15,16)(H,19,20). The van der Waals surface area contributed by atoms with E-state index in [2.05, 4.69) is 9.97 Å². The van der Waals surface area contributed by atoms with Gasteiger partial charge in [-0.15, -0.1) is 0 Å². The van der Waals surface area contributed by atoms with Crippen LogP contribution in [0.5, 0.6) is 0 Å². The molecule has 7 heteroatoms. The molecule has 0 aromatic carbocycles. The number of nitrogens with zero attached hydrogens (tertiary/aromatic N) is 2. The second-order valence-electron chi connectivity index (χ2n) is 5.80. The van der Waals surface area contributed by atoms with Crippen LogP contribution in [0.1, 0.15) is 37.1 Å². The van der Waals surface area contributed by atoms with Crippen molar-refractivity contribution in [1.82, 2.24) is 14.9 Å². The van der Waals surface area contributed by atoms with Gasteiger partial charge in [-0.1, -0.05) is 0 Å². The Kier molecular flexibility index (Phi) is 3.01. The maximum atomic E-state index is 12.4. The first-order chi connectivity index (χ1) is 9.48. The zero-order valence-corrected chi connectivity index (χ0v) is 11.1. The SMILES string of the molecule is NC1(CC(=O)N2Cc3[nH]cnc3CC2C(=O)O)CCC1. The average Bonchev–Trinajstić information content (AvgIpc) is 2.82. The van der Waals surface area contributed by atoms with Gasteiger partial charge in [0.1, 0.15) is 6.04 Å². The second-order valence-corrected chi connectivity index (χ2v) is 5.80. The zero-order chi connectivity index (χ0) is 14.3. The minimum atomic E-state index is -0.994. The summed E-state index contributed by atoms with van der Waals surface area (Å²) in [6.07, 6.45) is 4.71. The lowest BCUT2D eigenvalue weighted by atomic mass is 9.75. The highest BCUT2D eigenvalue weighted by molar-refractivity contribution is 5.85. The van der Waals surface area contributed by atoms with Crippen molar-refractivity contribution in [2.24, 2.45) is 5.73 Å². The molecule has 2 heterocycles. The van der Waals surface area contributed by atoms with Crippen LogP contribution >= 0.6 is 0 Å². The Morgan fingerprint density at radius 3 is 2.90 bits per heavy atom. The number of aliphatic carboxylic acids is 1. The van der Waals surface area contributed by atoms with Crippen LogP contribution in [0.3, 0.4) is 0 Å². The zero-order valence-electron chi connectivity index (χ0n) is 11.1. The highest BCUT2D eigenvalue weighted by Crippen LogP contribution is 2.33. The van der Waals surface area contributed by atoms with Crippen LogP contribution in [-0.4, -0.2) is 43.4 Å². The van der Waals surface area contributed by atoms with Crippen LogP contribution in [0.25, 0.3) is 0 Å². The third-order valence-corrected chi connectivity index (χ3v) is 4.36. The third-order valence-electron chi connectivity index (χ3n) is 4.36. The maximum Gasteiger partial charge on any atom is 0.326 e. The molecule has 3 rings (SSSR count). The third kappa shape index (κ3) is 2.18. The first-order valence-electron chi connectivity index (χ1n) is 6.81. The summed E-state index contributed by atoms with van der Waals surface area (Å²) in [5.41, 5.74) is 7.20. The van der Waals surface area contributed by atoms with Crippen molar-refractivity contribution < 1.29 is 14.7 Å². The Balaban J connectivity index is 1.79. The summed E-state index contributed by atoms with van der Waals surface area (Å²) in [5.74, 6) is -1.17. The van der Waals surface area contributed by atoms with Gasteiger partial charge in [0, 0.05) is 18.4 Å². The van der Waals surface area contributed by atoms with E-state index in [1.807, 2.05) is 0 Å². The number of aromatic nitrogens is 2. The van der Waals surface area contributed by atoms with E-state index in [0.29, 0.717) is 0 Å². The van der Waals surface area contributed by atoms with Gasteiger partial charge in [-0.3, -0.25) is 4.79 Å². The number of nitrogens with two attached hydrogens (primary N) is 1. The van der Waals surface area contributed by atoms with Gasteiger partial charge in [-0.25, -0.2) is 9.78 Å². The lowest BCUT2D eigenvalue weighted by Crippen LogP contribution is -2.54. The van der Waals surface area contributed by atoms with E-state index in [1.54, 1.807) is 0 Å². The molecule has 1 aliphatic heterocycles. The molecule has 2 aliphatic rings. The van der Waals surface area contributed by atoms with Gasteiger partial charge in [0.05, 0.1) is 24.3 Å². The van der Waals surface area contributed by atoms with Gasteiger partial charge >= 0.3 is 5.97 Å². The van der Waals surface area contributed by atoms with E-state index < -0.39 is 17.6 Å². The molecule has 4 N–H and O–H groups in total. The quantitative estimate of drug-likeness (QED) is 0.721. The van der Waals surface area contributed by atoms with E-state index in [9.17, 15) is 14.7 Å². The Morgan fingerprint density at radius 1 is 1.55 bits per heavy atom. The van der Waals surface area contributed by atoms with Crippen molar-refractivity contribution in [3.8, 4) is 0 Å². The van der Waals surface area contributed by atoms with Crippen molar-refractivity contribution in [2.45, 2.75) is 50.2 Å². The Bertz CT molecular complexity index is 550. The number of hydrogen-bond acceptors (Lipinski definition) is 4. The predicted molar refractivity (Wildman–Crippen MR) is 69.7 cm³/mol. The molecule has 0 spiro atoms. The number of amides is 1. The van der Waals surface area contributed by atoms with Crippen molar-refractivity contribution in [2.75, 3.05) is 0 Å². The van der Waals surface area contributed by atoms with Crippen LogP contribution < -0.4 is 5.73 Å². The lowest BCUT2D eigenvalue weighted by molar-refractivity contribution is -0.152. The molecule has 20 heavy (non-hydrogen) atoms. The number of carboxylic acid groups (broad SMARTS) is 1. The van der Waals surface area contributed by atoms with E-state index >= 15 is 0 Å². The van der Waals surface area contributed by atoms with Crippen LogP contribution in [0, 0.1) is 0 Å². The highest BCUT2D eigenvalue weighted by Gasteiger charge is 2.40. The molecule has 1 fully saturated rings. The maximum absolute atomic E-state index is 12.4. The van der Waals surface area contributed by atoms with E-state index in [0.717, 1.165) is 30.7 Å². The molecular weight excluding hydrogens is 260 g/mol. The molecule has 0 radical (unpaired) electrons. The van der Waals surface area contributed by atoms with E-state index in [4.69, 9.17) is 5.73 Å². The molecule has 0 saturated heterocycles. The fourth-order valence-electron chi connectivity index (χ4n) is 2.93. The Morgan fingerprint density at radius 2 is 2.30 bits per heavy atom. The van der Waals surface area contributed by atoms with Crippen molar-refractivity contribution in [3.05, 3.63) is 17.7 Å². The van der Waals surface area contributed by atoms with Crippen LogP contribution in [-0.2, 0) is 22.6 Å². The van der Waals surface area contributed by atoms with Crippen LogP contribution in [0.2, 0.25) is 0 Å². The number of aromatic amines is 1. The molecule has 1 atom stereocenters. The van der Waals surface area contributed by atoms with Gasteiger partial charge in [-0.2, -0.15) is 0 Å². The number of nitrogens with one attached hydrogen (secondary N) is 1. The average molecular weight is 278 g/mol. The lowest BCUT2D eigenvalue weighted by Gasteiger charge is -2.40. The molecule has 1 saturated carbocycles. The smallest absolute Gasteiger partial charge is 0.326 e. The Labute approximate surface area is 116 Å². The fourth-order valence-corrected chi connectivity index (χ4v) is 2.93. The normalized spacial score (nSPS) is 23.9. The van der Waals surface area contributed by atoms with Gasteiger partial charge in [0.25, 0.3) is 0 Å². The topological polar surface area (TPSA) is 112 Å². The van der Waals surface area contributed by atoms with Crippen molar-refractivity contribution in [3.63, 3.8) is 0 Å². The number of imidazole rings is 1. The number of carbonyl (C=O) groups is 2. The number of carbonyl (C=O) groups excluding carboxylic acids is 1. The summed E-state index contributed by atoms with van der Waals surface area (Å²) < 4.78 is 0. The number of hydrogen-bond donors (Lipinski definition) is 3. The summed E-state index contributed by atoms with van der Waals surface area (Å²) in [6.45, 7) is 0.265. The molecule has 1 aromatic heterocycles. The summed E-state index contributed by atoms with van der Waals surface area (Å²) in [5, 5.41) is 9.33. The van der Waals surface area contributed by atoms with Crippen molar-refractivity contribution >= 4 is 11.9 Å². The molecule has 1 amide bonds. The highest BCUT2D eigenvalue weighted by atomic mass is 16.4. The molecule has 1 aromatic rings. The number of fused-ring (bicyclic) bond motifs is 1. The summed E-state index contributed by atoms with van der Waals surface area (Å²) in [7, 11) is 0. The fraction of sp³-hybridized carbons (Fsp3) is 0.615. The number of H-pyrrole nitrogens is 1. The molecule has 108 valence electrons. The number of carboxylic acids is 1. The first-order valence-corrected chi connectivity index (χ1v) is 6.81. The number of rotatable bonds is 3. The minimum Gasteiger partial charge on any atom is -0.480 e. The van der Waals surface area contributed by atoms with E-state index in [-0.39, 0.29) is 25.3 Å². The minimum absolute atomic E-state index is 0.181. The molecule has 1 unspecified atom stereocenters. The first kappa shape index (κ1) is 13.1. The monoisotopic (exact) mass is 278 g/mol. The van der Waals surface area contributed by atoms with Gasteiger partial charge in [0.2, 0.25) is 5.91 Å². The van der Waals surface area contributed by atoms with Gasteiger partial charge in [-0.05, 0) is 19.3 Å². The summed E-state index contributed by atoms with van der Waals surface area (Å²) in [4.78, 5) is 32.3. The Hall–Kier alpha value is -1.89. The summed E-state index contributed by atoms with van der Waals surface area (Å²) in [6, 6.07) is -0.845. The second kappa shape index (κ2) is 4.59. The van der Waals surface area contributed by atoms with Gasteiger partial charge in [0.15, 0.2) is 0 Å². The van der Waals surface area contributed by atoms with Crippen LogP contribution in [0.4, 0.5) is 0 Å². The predicted octanol–water partition coefficient (Wildman–Crippen LogP) is 0.0191. The van der Waals surface area contributed by atoms with Crippen LogP contribution in [0.15, 0.2) is 6.33 Å². The molecule has 7 nitrogen and oxygen atoms in total. The largest absolute Gasteiger partial charge is 0.480 e. The molecule has 0 bridgehead atoms.